The van der Waals surface area contributed by atoms with Crippen LogP contribution in [0.5, 0.6) is 0 Å². The van der Waals surface area contributed by atoms with Crippen molar-refractivity contribution in [3.05, 3.63) is 0 Å². The van der Waals surface area contributed by atoms with Crippen LogP contribution in [0.4, 0.5) is 0 Å². The van der Waals surface area contributed by atoms with Gasteiger partial charge >= 0.3 is 0 Å². The fourth-order valence-electron chi connectivity index (χ4n) is 2.72. The molecule has 0 aliphatic heterocycles. The van der Waals surface area contributed by atoms with Crippen molar-refractivity contribution in [2.24, 2.45) is 11.7 Å². The lowest BCUT2D eigenvalue weighted by atomic mass is 9.76. The summed E-state index contributed by atoms with van der Waals surface area (Å²) in [4.78, 5) is 0. The van der Waals surface area contributed by atoms with Crippen molar-refractivity contribution >= 4 is 10.0 Å². The van der Waals surface area contributed by atoms with Crippen molar-refractivity contribution < 1.29 is 8.42 Å². The third kappa shape index (κ3) is 2.57. The maximum absolute atomic E-state index is 11.9. The lowest BCUT2D eigenvalue weighted by Gasteiger charge is -2.45. The van der Waals surface area contributed by atoms with E-state index in [-0.39, 0.29) is 11.3 Å². The zero-order valence-electron chi connectivity index (χ0n) is 10.6. The molecule has 5 heteroatoms. The molecule has 0 aromatic carbocycles. The Bertz CT molecular complexity index is 329. The highest BCUT2D eigenvalue weighted by atomic mass is 32.2. The molecule has 16 heavy (non-hydrogen) atoms. The van der Waals surface area contributed by atoms with Crippen molar-refractivity contribution in [3.8, 4) is 0 Å². The molecule has 2 atom stereocenters. The van der Waals surface area contributed by atoms with Crippen LogP contribution in [0.1, 0.15) is 39.5 Å². The van der Waals surface area contributed by atoms with E-state index in [1.807, 2.05) is 0 Å². The van der Waals surface area contributed by atoms with Gasteiger partial charge in [0.05, 0.1) is 5.75 Å². The molecule has 1 aliphatic rings. The van der Waals surface area contributed by atoms with E-state index in [4.69, 9.17) is 5.73 Å². The number of nitrogens with zero attached hydrogens (tertiary/aromatic N) is 1. The molecule has 0 heterocycles. The number of nitrogens with two attached hydrogens (primary N) is 1. The summed E-state index contributed by atoms with van der Waals surface area (Å²) in [6, 6.07) is 0. The van der Waals surface area contributed by atoms with Gasteiger partial charge in [-0.15, -0.1) is 0 Å². The summed E-state index contributed by atoms with van der Waals surface area (Å²) < 4.78 is 25.4. The molecule has 1 aliphatic carbocycles. The van der Waals surface area contributed by atoms with Crippen LogP contribution >= 0.6 is 0 Å². The van der Waals surface area contributed by atoms with Gasteiger partial charge in [0, 0.05) is 19.1 Å². The van der Waals surface area contributed by atoms with E-state index >= 15 is 0 Å². The quantitative estimate of drug-likeness (QED) is 0.812. The van der Waals surface area contributed by atoms with Gasteiger partial charge < -0.3 is 5.73 Å². The fourth-order valence-corrected chi connectivity index (χ4v) is 3.94. The molecule has 0 aromatic rings. The average Bonchev–Trinajstić information content (AvgIpc) is 2.27. The summed E-state index contributed by atoms with van der Waals surface area (Å²) in [5, 5.41) is 0. The standard InChI is InChI=1S/C11H24N2O2S/c1-4-16(14,15)13(3)11(9-12)7-5-6-10(2)8-11/h10H,4-9,12H2,1-3H3. The van der Waals surface area contributed by atoms with Crippen molar-refractivity contribution in [1.29, 1.82) is 0 Å². The molecule has 0 saturated heterocycles. The van der Waals surface area contributed by atoms with Crippen molar-refractivity contribution in [1.82, 2.24) is 4.31 Å². The van der Waals surface area contributed by atoms with E-state index in [1.54, 1.807) is 14.0 Å². The summed E-state index contributed by atoms with van der Waals surface area (Å²) in [6.07, 6.45) is 4.03. The SMILES string of the molecule is CCS(=O)(=O)N(C)C1(CN)CCCC(C)C1. The molecule has 2 unspecified atom stereocenters. The van der Waals surface area contributed by atoms with Crippen LogP contribution in [0.3, 0.4) is 0 Å². The Morgan fingerprint density at radius 1 is 1.50 bits per heavy atom. The van der Waals surface area contributed by atoms with E-state index in [1.165, 1.54) is 10.7 Å². The molecular formula is C11H24N2O2S. The molecular weight excluding hydrogens is 224 g/mol. The largest absolute Gasteiger partial charge is 0.329 e. The highest BCUT2D eigenvalue weighted by molar-refractivity contribution is 7.89. The summed E-state index contributed by atoms with van der Waals surface area (Å²) in [5.41, 5.74) is 5.51. The Morgan fingerprint density at radius 3 is 2.56 bits per heavy atom. The van der Waals surface area contributed by atoms with Gasteiger partial charge in [0.15, 0.2) is 0 Å². The summed E-state index contributed by atoms with van der Waals surface area (Å²) >= 11 is 0. The summed E-state index contributed by atoms with van der Waals surface area (Å²) in [6.45, 7) is 4.28. The van der Waals surface area contributed by atoms with Gasteiger partial charge in [-0.2, -0.15) is 4.31 Å². The van der Waals surface area contributed by atoms with Crippen molar-refractivity contribution in [2.45, 2.75) is 45.1 Å². The van der Waals surface area contributed by atoms with Gasteiger partial charge in [-0.05, 0) is 25.7 Å². The van der Waals surface area contributed by atoms with Gasteiger partial charge in [0.2, 0.25) is 10.0 Å². The minimum Gasteiger partial charge on any atom is -0.329 e. The minimum atomic E-state index is -3.14. The monoisotopic (exact) mass is 248 g/mol. The Morgan fingerprint density at radius 2 is 2.12 bits per heavy atom. The highest BCUT2D eigenvalue weighted by Gasteiger charge is 2.41. The topological polar surface area (TPSA) is 63.4 Å². The lowest BCUT2D eigenvalue weighted by molar-refractivity contribution is 0.128. The van der Waals surface area contributed by atoms with Gasteiger partial charge in [0.1, 0.15) is 0 Å². The maximum Gasteiger partial charge on any atom is 0.214 e. The van der Waals surface area contributed by atoms with Gasteiger partial charge in [-0.1, -0.05) is 19.8 Å². The first-order valence-corrected chi connectivity index (χ1v) is 7.65. The third-order valence-electron chi connectivity index (χ3n) is 3.90. The predicted octanol–water partition coefficient (Wildman–Crippen LogP) is 1.18. The zero-order valence-corrected chi connectivity index (χ0v) is 11.4. The number of hydrogen-bond donors (Lipinski definition) is 1. The van der Waals surface area contributed by atoms with Gasteiger partial charge in [0.25, 0.3) is 0 Å². The fraction of sp³-hybridized carbons (Fsp3) is 1.00. The second kappa shape index (κ2) is 5.02. The highest BCUT2D eigenvalue weighted by Crippen LogP contribution is 2.36. The maximum atomic E-state index is 11.9. The molecule has 96 valence electrons. The Kier molecular flexibility index (Phi) is 4.37. The molecule has 2 N–H and O–H groups in total. The number of rotatable bonds is 4. The zero-order chi connectivity index (χ0) is 12.4. The second-order valence-electron chi connectivity index (χ2n) is 5.00. The van der Waals surface area contributed by atoms with Crippen LogP contribution in [-0.4, -0.2) is 37.6 Å². The van der Waals surface area contributed by atoms with E-state index in [9.17, 15) is 8.42 Å². The first kappa shape index (κ1) is 13.9. The van der Waals surface area contributed by atoms with E-state index in [0.29, 0.717) is 12.5 Å². The smallest absolute Gasteiger partial charge is 0.214 e. The number of hydrogen-bond acceptors (Lipinski definition) is 3. The van der Waals surface area contributed by atoms with Crippen LogP contribution in [0.25, 0.3) is 0 Å². The van der Waals surface area contributed by atoms with E-state index in [2.05, 4.69) is 6.92 Å². The Hall–Kier alpha value is -0.130. The third-order valence-corrected chi connectivity index (χ3v) is 5.85. The molecule has 0 bridgehead atoms. The number of likely N-dealkylation sites (N-methyl/N-ethyl adjacent to an activating group) is 1. The molecule has 0 aromatic heterocycles. The molecule has 1 fully saturated rings. The van der Waals surface area contributed by atoms with Crippen LogP contribution < -0.4 is 5.73 Å². The molecule has 1 rings (SSSR count). The Labute approximate surface area is 99.2 Å². The normalized spacial score (nSPS) is 31.9. The summed E-state index contributed by atoms with van der Waals surface area (Å²) in [7, 11) is -1.45. The minimum absolute atomic E-state index is 0.152. The lowest BCUT2D eigenvalue weighted by Crippen LogP contribution is -2.56. The molecule has 0 radical (unpaired) electrons. The van der Waals surface area contributed by atoms with Gasteiger partial charge in [-0.25, -0.2) is 8.42 Å². The second-order valence-corrected chi connectivity index (χ2v) is 7.29. The first-order chi connectivity index (χ1) is 7.38. The molecule has 1 saturated carbocycles. The molecule has 0 spiro atoms. The average molecular weight is 248 g/mol. The van der Waals surface area contributed by atoms with E-state index < -0.39 is 10.0 Å². The van der Waals surface area contributed by atoms with E-state index in [0.717, 1.165) is 19.3 Å². The Balaban J connectivity index is 2.96. The number of sulfonamides is 1. The van der Waals surface area contributed by atoms with Crippen LogP contribution in [0.15, 0.2) is 0 Å². The van der Waals surface area contributed by atoms with Crippen LogP contribution in [-0.2, 0) is 10.0 Å². The van der Waals surface area contributed by atoms with Crippen LogP contribution in [0, 0.1) is 5.92 Å². The van der Waals surface area contributed by atoms with Crippen molar-refractivity contribution in [2.75, 3.05) is 19.3 Å². The molecule has 0 amide bonds. The molecule has 4 nitrogen and oxygen atoms in total. The predicted molar refractivity (Wildman–Crippen MR) is 66.6 cm³/mol. The first-order valence-electron chi connectivity index (χ1n) is 6.05. The summed E-state index contributed by atoms with van der Waals surface area (Å²) in [5.74, 6) is 0.714. The van der Waals surface area contributed by atoms with Crippen LogP contribution in [0.2, 0.25) is 0 Å². The van der Waals surface area contributed by atoms with Gasteiger partial charge in [-0.3, -0.25) is 0 Å². The van der Waals surface area contributed by atoms with Crippen molar-refractivity contribution in [3.63, 3.8) is 0 Å².